The van der Waals surface area contributed by atoms with Crippen LogP contribution in [-0.4, -0.2) is 26.9 Å². The smallest absolute Gasteiger partial charge is 0.257 e. The molecule has 5 heteroatoms. The van der Waals surface area contributed by atoms with Gasteiger partial charge in [0.05, 0.1) is 5.56 Å². The Bertz CT molecular complexity index is 671. The summed E-state index contributed by atoms with van der Waals surface area (Å²) in [6.07, 6.45) is 3.71. The zero-order valence-corrected chi connectivity index (χ0v) is 13.0. The second kappa shape index (κ2) is 5.85. The number of pyridine rings is 1. The molecule has 1 fully saturated rings. The molecule has 1 N–H and O–H groups in total. The van der Waals surface area contributed by atoms with Crippen LogP contribution in [0.2, 0.25) is 0 Å². The molecular formula is C16H15BrN2O2. The van der Waals surface area contributed by atoms with Gasteiger partial charge in [0.2, 0.25) is 0 Å². The van der Waals surface area contributed by atoms with Crippen molar-refractivity contribution in [1.82, 2.24) is 9.88 Å². The maximum absolute atomic E-state index is 12.7. The van der Waals surface area contributed by atoms with Gasteiger partial charge in [-0.25, -0.2) is 4.98 Å². The highest BCUT2D eigenvalue weighted by Crippen LogP contribution is 2.31. The molecule has 0 saturated heterocycles. The Balaban J connectivity index is 1.85. The van der Waals surface area contributed by atoms with Crippen LogP contribution in [0.5, 0.6) is 5.75 Å². The molecule has 0 unspecified atom stereocenters. The molecule has 0 bridgehead atoms. The van der Waals surface area contributed by atoms with Crippen molar-refractivity contribution in [2.24, 2.45) is 0 Å². The number of halogens is 1. The standard InChI is InChI=1S/C16H15BrN2O2/c17-15-14(5-2-8-18-15)16(21)19(12-6-7-12)10-11-3-1-4-13(20)9-11/h1-5,8-9,12,20H,6-7,10H2. The van der Waals surface area contributed by atoms with Crippen LogP contribution >= 0.6 is 15.9 Å². The zero-order valence-electron chi connectivity index (χ0n) is 11.4. The van der Waals surface area contributed by atoms with Crippen molar-refractivity contribution < 1.29 is 9.90 Å². The van der Waals surface area contributed by atoms with Gasteiger partial charge in [-0.15, -0.1) is 0 Å². The van der Waals surface area contributed by atoms with E-state index < -0.39 is 0 Å². The number of carbonyl (C=O) groups is 1. The van der Waals surface area contributed by atoms with Gasteiger partial charge in [0.1, 0.15) is 10.4 Å². The van der Waals surface area contributed by atoms with Crippen molar-refractivity contribution in [3.63, 3.8) is 0 Å². The van der Waals surface area contributed by atoms with Gasteiger partial charge in [0.25, 0.3) is 5.91 Å². The molecule has 4 nitrogen and oxygen atoms in total. The lowest BCUT2D eigenvalue weighted by Gasteiger charge is -2.23. The average Bonchev–Trinajstić information content (AvgIpc) is 3.29. The molecule has 2 aromatic rings. The van der Waals surface area contributed by atoms with E-state index in [1.54, 1.807) is 36.5 Å². The molecule has 0 radical (unpaired) electrons. The highest BCUT2D eigenvalue weighted by atomic mass is 79.9. The lowest BCUT2D eigenvalue weighted by molar-refractivity contribution is 0.0728. The Kier molecular flexibility index (Phi) is 3.92. The number of rotatable bonds is 4. The molecule has 1 aliphatic carbocycles. The number of hydrogen-bond acceptors (Lipinski definition) is 3. The Hall–Kier alpha value is -1.88. The number of aromatic hydroxyl groups is 1. The number of phenols is 1. The van der Waals surface area contributed by atoms with E-state index in [1.165, 1.54) is 0 Å². The van der Waals surface area contributed by atoms with Crippen LogP contribution in [0, 0.1) is 0 Å². The molecule has 21 heavy (non-hydrogen) atoms. The number of nitrogens with zero attached hydrogens (tertiary/aromatic N) is 2. The first kappa shape index (κ1) is 14.1. The summed E-state index contributed by atoms with van der Waals surface area (Å²) in [6.45, 7) is 0.499. The van der Waals surface area contributed by atoms with Gasteiger partial charge in [-0.1, -0.05) is 12.1 Å². The predicted molar refractivity (Wildman–Crippen MR) is 82.9 cm³/mol. The van der Waals surface area contributed by atoms with E-state index >= 15 is 0 Å². The lowest BCUT2D eigenvalue weighted by Crippen LogP contribution is -2.32. The summed E-state index contributed by atoms with van der Waals surface area (Å²) in [5.41, 5.74) is 1.50. The Morgan fingerprint density at radius 2 is 2.14 bits per heavy atom. The molecule has 1 aliphatic rings. The number of aromatic nitrogens is 1. The fourth-order valence-corrected chi connectivity index (χ4v) is 2.72. The summed E-state index contributed by atoms with van der Waals surface area (Å²) in [7, 11) is 0. The Morgan fingerprint density at radius 3 is 2.81 bits per heavy atom. The van der Waals surface area contributed by atoms with Crippen LogP contribution in [0.15, 0.2) is 47.2 Å². The Labute approximate surface area is 131 Å². The van der Waals surface area contributed by atoms with Crippen LogP contribution in [0.3, 0.4) is 0 Å². The van der Waals surface area contributed by atoms with Crippen LogP contribution in [0.25, 0.3) is 0 Å². The van der Waals surface area contributed by atoms with Gasteiger partial charge in [-0.2, -0.15) is 0 Å². The highest BCUT2D eigenvalue weighted by Gasteiger charge is 2.33. The molecule has 1 aromatic carbocycles. The third-order valence-corrected chi connectivity index (χ3v) is 4.13. The maximum Gasteiger partial charge on any atom is 0.257 e. The number of carbonyl (C=O) groups excluding carboxylic acids is 1. The van der Waals surface area contributed by atoms with E-state index in [9.17, 15) is 9.90 Å². The van der Waals surface area contributed by atoms with Crippen molar-refractivity contribution in [1.29, 1.82) is 0 Å². The van der Waals surface area contributed by atoms with E-state index in [0.29, 0.717) is 16.7 Å². The summed E-state index contributed by atoms with van der Waals surface area (Å²) >= 11 is 3.33. The van der Waals surface area contributed by atoms with Crippen LogP contribution in [0.4, 0.5) is 0 Å². The van der Waals surface area contributed by atoms with Gasteiger partial charge < -0.3 is 10.0 Å². The normalized spacial score (nSPS) is 14.0. The van der Waals surface area contributed by atoms with Crippen molar-refractivity contribution in [2.75, 3.05) is 0 Å². The van der Waals surface area contributed by atoms with Gasteiger partial charge >= 0.3 is 0 Å². The number of amides is 1. The van der Waals surface area contributed by atoms with Crippen LogP contribution in [0.1, 0.15) is 28.8 Å². The third-order valence-electron chi connectivity index (χ3n) is 3.50. The van der Waals surface area contributed by atoms with E-state index in [0.717, 1.165) is 18.4 Å². The highest BCUT2D eigenvalue weighted by molar-refractivity contribution is 9.10. The summed E-state index contributed by atoms with van der Waals surface area (Å²) in [5, 5.41) is 9.56. The van der Waals surface area contributed by atoms with Gasteiger partial charge in [-0.3, -0.25) is 4.79 Å². The second-order valence-electron chi connectivity index (χ2n) is 5.18. The van der Waals surface area contributed by atoms with Crippen molar-refractivity contribution >= 4 is 21.8 Å². The molecule has 0 spiro atoms. The summed E-state index contributed by atoms with van der Waals surface area (Å²) < 4.78 is 0.566. The minimum Gasteiger partial charge on any atom is -0.508 e. The SMILES string of the molecule is O=C(c1cccnc1Br)N(Cc1cccc(O)c1)C1CC1. The molecular weight excluding hydrogens is 332 g/mol. The molecule has 3 rings (SSSR count). The fourth-order valence-electron chi connectivity index (χ4n) is 2.30. The maximum atomic E-state index is 12.7. The van der Waals surface area contributed by atoms with Crippen LogP contribution < -0.4 is 0 Å². The second-order valence-corrected chi connectivity index (χ2v) is 5.93. The molecule has 1 heterocycles. The van der Waals surface area contributed by atoms with Crippen LogP contribution in [-0.2, 0) is 6.54 Å². The van der Waals surface area contributed by atoms with Crippen molar-refractivity contribution in [2.45, 2.75) is 25.4 Å². The van der Waals surface area contributed by atoms with E-state index in [2.05, 4.69) is 20.9 Å². The molecule has 1 saturated carbocycles. The third kappa shape index (κ3) is 3.24. The number of benzene rings is 1. The first-order valence-electron chi connectivity index (χ1n) is 6.84. The van der Waals surface area contributed by atoms with Crippen molar-refractivity contribution in [3.8, 4) is 5.75 Å². The first-order valence-corrected chi connectivity index (χ1v) is 7.64. The monoisotopic (exact) mass is 346 g/mol. The predicted octanol–water partition coefficient (Wildman–Crippen LogP) is 3.35. The Morgan fingerprint density at radius 1 is 1.33 bits per heavy atom. The summed E-state index contributed by atoms with van der Waals surface area (Å²) in [5.74, 6) is 0.194. The molecule has 1 amide bonds. The first-order chi connectivity index (χ1) is 10.1. The molecule has 1 aromatic heterocycles. The van der Waals surface area contributed by atoms with Gasteiger partial charge in [0, 0.05) is 18.8 Å². The molecule has 108 valence electrons. The molecule has 0 aliphatic heterocycles. The summed E-state index contributed by atoms with van der Waals surface area (Å²) in [6, 6.07) is 10.9. The lowest BCUT2D eigenvalue weighted by atomic mass is 10.1. The van der Waals surface area contributed by atoms with Gasteiger partial charge in [0.15, 0.2) is 0 Å². The van der Waals surface area contributed by atoms with E-state index in [1.807, 2.05) is 11.0 Å². The minimum absolute atomic E-state index is 0.0270. The average molecular weight is 347 g/mol. The fraction of sp³-hybridized carbons (Fsp3) is 0.250. The van der Waals surface area contributed by atoms with E-state index in [-0.39, 0.29) is 17.7 Å². The number of phenolic OH excluding ortho intramolecular Hbond substituents is 1. The topological polar surface area (TPSA) is 53.4 Å². The largest absolute Gasteiger partial charge is 0.508 e. The quantitative estimate of drug-likeness (QED) is 0.863. The molecule has 0 atom stereocenters. The number of hydrogen-bond donors (Lipinski definition) is 1. The zero-order chi connectivity index (χ0) is 14.8. The minimum atomic E-state index is -0.0270. The van der Waals surface area contributed by atoms with Gasteiger partial charge in [-0.05, 0) is 58.6 Å². The van der Waals surface area contributed by atoms with Crippen molar-refractivity contribution in [3.05, 3.63) is 58.3 Å². The summed E-state index contributed by atoms with van der Waals surface area (Å²) in [4.78, 5) is 18.7. The van der Waals surface area contributed by atoms with E-state index in [4.69, 9.17) is 0 Å².